The molecule has 0 radical (unpaired) electrons. The Hall–Kier alpha value is -1.35. The van der Waals surface area contributed by atoms with Crippen LogP contribution >= 0.6 is 0 Å². The van der Waals surface area contributed by atoms with Gasteiger partial charge in [-0.15, -0.1) is 0 Å². The van der Waals surface area contributed by atoms with Crippen LogP contribution in [0.25, 0.3) is 0 Å². The van der Waals surface area contributed by atoms with Gasteiger partial charge in [0.1, 0.15) is 0 Å². The van der Waals surface area contributed by atoms with Crippen molar-refractivity contribution in [1.29, 1.82) is 0 Å². The highest BCUT2D eigenvalue weighted by Crippen LogP contribution is 2.18. The number of aryl methyl sites for hydroxylation is 2. The third-order valence-corrected chi connectivity index (χ3v) is 2.68. The smallest absolute Gasteiger partial charge is 0.319 e. The third kappa shape index (κ3) is 3.35. The third-order valence-electron chi connectivity index (χ3n) is 2.68. The zero-order valence-corrected chi connectivity index (χ0v) is 10.3. The lowest BCUT2D eigenvalue weighted by molar-refractivity contribution is -0.139. The Morgan fingerprint density at radius 1 is 1.44 bits per heavy atom. The Labute approximate surface area is 96.8 Å². The molecule has 3 heteroatoms. The second kappa shape index (κ2) is 5.66. The quantitative estimate of drug-likeness (QED) is 0.791. The molecule has 0 saturated heterocycles. The lowest BCUT2D eigenvalue weighted by Gasteiger charge is -2.16. The molecule has 1 aromatic carbocycles. The molecule has 0 bridgehead atoms. The van der Waals surface area contributed by atoms with Gasteiger partial charge in [0, 0.05) is 6.04 Å². The van der Waals surface area contributed by atoms with Crippen LogP contribution < -0.4 is 5.32 Å². The number of rotatable bonds is 4. The number of carbonyl (C=O) groups excluding carboxylic acids is 1. The van der Waals surface area contributed by atoms with Crippen molar-refractivity contribution < 1.29 is 9.53 Å². The first kappa shape index (κ1) is 12.7. The zero-order valence-electron chi connectivity index (χ0n) is 10.3. The Morgan fingerprint density at radius 2 is 2.12 bits per heavy atom. The fourth-order valence-electron chi connectivity index (χ4n) is 1.64. The normalized spacial score (nSPS) is 12.2. The van der Waals surface area contributed by atoms with E-state index in [-0.39, 0.29) is 18.6 Å². The summed E-state index contributed by atoms with van der Waals surface area (Å²) in [6.07, 6.45) is 0. The van der Waals surface area contributed by atoms with Gasteiger partial charge in [0.25, 0.3) is 0 Å². The summed E-state index contributed by atoms with van der Waals surface area (Å²) in [5.41, 5.74) is 3.69. The molecule has 0 aliphatic carbocycles. The first-order chi connectivity index (χ1) is 7.54. The highest BCUT2D eigenvalue weighted by Gasteiger charge is 2.09. The summed E-state index contributed by atoms with van der Waals surface area (Å²) in [5.74, 6) is -0.239. The lowest BCUT2D eigenvalue weighted by atomic mass is 10.00. The number of carbonyl (C=O) groups is 1. The molecule has 0 aliphatic heterocycles. The summed E-state index contributed by atoms with van der Waals surface area (Å²) >= 11 is 0. The Morgan fingerprint density at radius 3 is 2.75 bits per heavy atom. The molecular formula is C13H19NO2. The number of methoxy groups -OCH3 is 1. The van der Waals surface area contributed by atoms with Crippen molar-refractivity contribution in [3.05, 3.63) is 34.9 Å². The van der Waals surface area contributed by atoms with Crippen LogP contribution in [0.5, 0.6) is 0 Å². The van der Waals surface area contributed by atoms with E-state index in [0.717, 1.165) is 0 Å². The van der Waals surface area contributed by atoms with E-state index in [1.807, 2.05) is 6.92 Å². The van der Waals surface area contributed by atoms with Gasteiger partial charge in [0.15, 0.2) is 0 Å². The molecule has 1 unspecified atom stereocenters. The second-order valence-corrected chi connectivity index (χ2v) is 4.04. The van der Waals surface area contributed by atoms with E-state index in [2.05, 4.69) is 42.1 Å². The van der Waals surface area contributed by atoms with Gasteiger partial charge in [-0.1, -0.05) is 23.8 Å². The predicted molar refractivity (Wildman–Crippen MR) is 64.3 cm³/mol. The summed E-state index contributed by atoms with van der Waals surface area (Å²) in [5, 5.41) is 3.14. The fraction of sp³-hybridized carbons (Fsp3) is 0.462. The summed E-state index contributed by atoms with van der Waals surface area (Å²) in [7, 11) is 1.40. The molecule has 88 valence electrons. The molecule has 0 fully saturated rings. The second-order valence-electron chi connectivity index (χ2n) is 4.04. The summed E-state index contributed by atoms with van der Waals surface area (Å²) in [6, 6.07) is 6.48. The van der Waals surface area contributed by atoms with Crippen molar-refractivity contribution >= 4 is 5.97 Å². The van der Waals surface area contributed by atoms with Crippen molar-refractivity contribution in [2.45, 2.75) is 26.8 Å². The molecule has 16 heavy (non-hydrogen) atoms. The highest BCUT2D eigenvalue weighted by molar-refractivity contribution is 5.71. The number of hydrogen-bond donors (Lipinski definition) is 1. The number of benzene rings is 1. The predicted octanol–water partition coefficient (Wildman–Crippen LogP) is 2.13. The number of nitrogens with one attached hydrogen (secondary N) is 1. The maximum atomic E-state index is 11.0. The summed E-state index contributed by atoms with van der Waals surface area (Å²) in [6.45, 7) is 6.43. The van der Waals surface area contributed by atoms with E-state index in [9.17, 15) is 4.79 Å². The van der Waals surface area contributed by atoms with Gasteiger partial charge in [0.2, 0.25) is 0 Å². The Balaban J connectivity index is 2.68. The molecule has 0 aromatic heterocycles. The Kier molecular flexibility index (Phi) is 4.50. The SMILES string of the molecule is COC(=O)CNC(C)c1cc(C)ccc1C. The minimum Gasteiger partial charge on any atom is -0.468 e. The van der Waals surface area contributed by atoms with Gasteiger partial charge in [-0.3, -0.25) is 4.79 Å². The van der Waals surface area contributed by atoms with Crippen LogP contribution in [0.2, 0.25) is 0 Å². The highest BCUT2D eigenvalue weighted by atomic mass is 16.5. The minimum absolute atomic E-state index is 0.152. The molecule has 1 rings (SSSR count). The first-order valence-electron chi connectivity index (χ1n) is 5.42. The summed E-state index contributed by atoms with van der Waals surface area (Å²) < 4.78 is 4.59. The van der Waals surface area contributed by atoms with E-state index in [0.29, 0.717) is 0 Å². The molecule has 0 aliphatic rings. The molecule has 0 saturated carbocycles. The molecule has 1 N–H and O–H groups in total. The molecular weight excluding hydrogens is 202 g/mol. The average Bonchev–Trinajstić information content (AvgIpc) is 2.28. The van der Waals surface area contributed by atoms with Gasteiger partial charge in [0.05, 0.1) is 13.7 Å². The monoisotopic (exact) mass is 221 g/mol. The van der Waals surface area contributed by atoms with Crippen LogP contribution in [-0.4, -0.2) is 19.6 Å². The zero-order chi connectivity index (χ0) is 12.1. The van der Waals surface area contributed by atoms with Crippen LogP contribution in [-0.2, 0) is 9.53 Å². The molecule has 3 nitrogen and oxygen atoms in total. The lowest BCUT2D eigenvalue weighted by Crippen LogP contribution is -2.27. The minimum atomic E-state index is -0.239. The van der Waals surface area contributed by atoms with Crippen molar-refractivity contribution in [3.8, 4) is 0 Å². The van der Waals surface area contributed by atoms with Crippen molar-refractivity contribution in [2.75, 3.05) is 13.7 Å². The van der Waals surface area contributed by atoms with Gasteiger partial charge in [-0.05, 0) is 31.9 Å². The van der Waals surface area contributed by atoms with Gasteiger partial charge < -0.3 is 10.1 Å². The molecule has 0 heterocycles. The molecule has 1 atom stereocenters. The van der Waals surface area contributed by atoms with Gasteiger partial charge >= 0.3 is 5.97 Å². The maximum Gasteiger partial charge on any atom is 0.319 e. The van der Waals surface area contributed by atoms with Crippen molar-refractivity contribution in [3.63, 3.8) is 0 Å². The van der Waals surface area contributed by atoms with E-state index in [1.54, 1.807) is 0 Å². The molecule has 0 amide bonds. The van der Waals surface area contributed by atoms with Gasteiger partial charge in [-0.25, -0.2) is 0 Å². The average molecular weight is 221 g/mol. The number of ether oxygens (including phenoxy) is 1. The Bertz CT molecular complexity index is 374. The topological polar surface area (TPSA) is 38.3 Å². The largest absolute Gasteiger partial charge is 0.468 e. The van der Waals surface area contributed by atoms with Crippen LogP contribution in [0, 0.1) is 13.8 Å². The van der Waals surface area contributed by atoms with Crippen LogP contribution in [0.1, 0.15) is 29.7 Å². The van der Waals surface area contributed by atoms with Gasteiger partial charge in [-0.2, -0.15) is 0 Å². The first-order valence-corrected chi connectivity index (χ1v) is 5.42. The molecule has 1 aromatic rings. The van der Waals surface area contributed by atoms with E-state index < -0.39 is 0 Å². The van der Waals surface area contributed by atoms with Crippen LogP contribution in [0.15, 0.2) is 18.2 Å². The van der Waals surface area contributed by atoms with Crippen LogP contribution in [0.4, 0.5) is 0 Å². The van der Waals surface area contributed by atoms with Crippen molar-refractivity contribution in [1.82, 2.24) is 5.32 Å². The van der Waals surface area contributed by atoms with E-state index in [4.69, 9.17) is 0 Å². The molecule has 0 spiro atoms. The fourth-order valence-corrected chi connectivity index (χ4v) is 1.64. The van der Waals surface area contributed by atoms with E-state index in [1.165, 1.54) is 23.8 Å². The number of hydrogen-bond acceptors (Lipinski definition) is 3. The maximum absolute atomic E-state index is 11.0. The van der Waals surface area contributed by atoms with Crippen LogP contribution in [0.3, 0.4) is 0 Å². The summed E-state index contributed by atoms with van der Waals surface area (Å²) in [4.78, 5) is 11.0. The van der Waals surface area contributed by atoms with E-state index >= 15 is 0 Å². The van der Waals surface area contributed by atoms with Crippen molar-refractivity contribution in [2.24, 2.45) is 0 Å². The number of esters is 1. The standard InChI is InChI=1S/C13H19NO2/c1-9-5-6-10(2)12(7-9)11(3)14-8-13(15)16-4/h5-7,11,14H,8H2,1-4H3.